The lowest BCUT2D eigenvalue weighted by atomic mass is 10.00. The smallest absolute Gasteiger partial charge is 0.392 e. The first-order chi connectivity index (χ1) is 16.1. The lowest BCUT2D eigenvalue weighted by Crippen LogP contribution is -2.52. The number of hydrogen-bond donors (Lipinski definition) is 3. The van der Waals surface area contributed by atoms with Crippen LogP contribution in [-0.4, -0.2) is 60.1 Å². The van der Waals surface area contributed by atoms with Gasteiger partial charge in [0.25, 0.3) is 5.92 Å². The van der Waals surface area contributed by atoms with E-state index in [0.29, 0.717) is 31.4 Å². The van der Waals surface area contributed by atoms with Crippen LogP contribution in [0.2, 0.25) is 0 Å². The van der Waals surface area contributed by atoms with Crippen LogP contribution in [0.3, 0.4) is 0 Å². The van der Waals surface area contributed by atoms with Crippen molar-refractivity contribution in [2.75, 3.05) is 20.1 Å². The molecule has 3 aliphatic rings. The molecule has 1 spiro atoms. The summed E-state index contributed by atoms with van der Waals surface area (Å²) in [5.74, 6) is -4.13. The van der Waals surface area contributed by atoms with E-state index in [1.807, 2.05) is 13.1 Å². The molecule has 2 fully saturated rings. The highest BCUT2D eigenvalue weighted by Crippen LogP contribution is 2.35. The summed E-state index contributed by atoms with van der Waals surface area (Å²) < 4.78 is 34.9. The summed E-state index contributed by atoms with van der Waals surface area (Å²) in [4.78, 5) is 32.9. The molecule has 0 radical (unpaired) electrons. The lowest BCUT2D eigenvalue weighted by molar-refractivity contribution is -0.126. The zero-order valence-corrected chi connectivity index (χ0v) is 18.8. The average Bonchev–Trinajstić information content (AvgIpc) is 3.31. The van der Waals surface area contributed by atoms with Crippen molar-refractivity contribution in [2.45, 2.75) is 55.2 Å². The van der Waals surface area contributed by atoms with Crippen LogP contribution in [0.25, 0.3) is 0 Å². The maximum Gasteiger partial charge on any atom is 0.414 e. The molecular weight excluding hydrogens is 448 g/mol. The molecule has 3 N–H and O–H groups in total. The topological polar surface area (TPSA) is 116 Å². The van der Waals surface area contributed by atoms with Crippen LogP contribution in [0.5, 0.6) is 0 Å². The summed E-state index contributed by atoms with van der Waals surface area (Å²) in [5.41, 5.74) is 1.24. The van der Waals surface area contributed by atoms with Gasteiger partial charge in [0, 0.05) is 32.0 Å². The Kier molecular flexibility index (Phi) is 6.47. The van der Waals surface area contributed by atoms with Crippen LogP contribution >= 0.6 is 0 Å². The number of alkyl carbamates (subject to hydrolysis) is 1. The summed E-state index contributed by atoms with van der Waals surface area (Å²) >= 11 is 0. The maximum absolute atomic E-state index is 14.9. The summed E-state index contributed by atoms with van der Waals surface area (Å²) in [6, 6.07) is 8.52. The van der Waals surface area contributed by atoms with Gasteiger partial charge in [0.1, 0.15) is 17.2 Å². The molecule has 182 valence electrons. The third-order valence-electron chi connectivity index (χ3n) is 6.15. The van der Waals surface area contributed by atoms with Gasteiger partial charge >= 0.3 is 6.09 Å². The number of carbonyl (C=O) groups is 2. The van der Waals surface area contributed by atoms with Crippen LogP contribution in [0, 0.1) is 11.3 Å². The number of halogens is 2. The second-order valence-electron chi connectivity index (χ2n) is 9.26. The molecule has 2 heterocycles. The van der Waals surface area contributed by atoms with E-state index in [-0.39, 0.29) is 5.88 Å². The molecule has 2 atom stereocenters. The lowest BCUT2D eigenvalue weighted by Gasteiger charge is -2.24. The van der Waals surface area contributed by atoms with Crippen LogP contribution in [0.4, 0.5) is 13.6 Å². The maximum atomic E-state index is 14.9. The summed E-state index contributed by atoms with van der Waals surface area (Å²) in [7, 11) is 1.93. The van der Waals surface area contributed by atoms with E-state index in [1.54, 1.807) is 36.4 Å². The first-order valence-electron chi connectivity index (χ1n) is 11.1. The van der Waals surface area contributed by atoms with E-state index < -0.39 is 47.9 Å². The zero-order valence-electron chi connectivity index (χ0n) is 18.8. The number of nitrogens with one attached hydrogen (secondary N) is 3. The van der Waals surface area contributed by atoms with Gasteiger partial charge in [-0.15, -0.1) is 0 Å². The molecule has 1 aromatic carbocycles. The standard InChI is InChI=1S/C23H27F2N5O4/c1-30-10-9-22(15-30)13-18(29-34-22)33-20(32)27-17(19(31)28-21(14-26)7-8-21)12-23(24,25)11-16-5-3-2-4-6-16/h2-6,13,17,29H,7-12,15H2,1H3,(H,27,32)(H,28,31)/t17?,22-/m0/s1. The average molecular weight is 475 g/mol. The minimum absolute atomic E-state index is 0.0266. The molecular formula is C23H27F2N5O4. The number of hydroxylamine groups is 1. The number of nitriles is 1. The van der Waals surface area contributed by atoms with Gasteiger partial charge in [-0.1, -0.05) is 30.3 Å². The van der Waals surface area contributed by atoms with Gasteiger partial charge in [-0.25, -0.2) is 19.1 Å². The molecule has 0 aromatic heterocycles. The monoisotopic (exact) mass is 475 g/mol. The van der Waals surface area contributed by atoms with Crippen LogP contribution in [0.15, 0.2) is 42.3 Å². The Morgan fingerprint density at radius 2 is 2.06 bits per heavy atom. The van der Waals surface area contributed by atoms with Crippen LogP contribution < -0.4 is 16.1 Å². The first-order valence-corrected chi connectivity index (χ1v) is 11.1. The Labute approximate surface area is 196 Å². The largest absolute Gasteiger partial charge is 0.414 e. The molecule has 1 aromatic rings. The predicted molar refractivity (Wildman–Crippen MR) is 116 cm³/mol. The predicted octanol–water partition coefficient (Wildman–Crippen LogP) is 1.97. The van der Waals surface area contributed by atoms with Crippen molar-refractivity contribution in [2.24, 2.45) is 0 Å². The number of benzene rings is 1. The number of amides is 2. The van der Waals surface area contributed by atoms with Gasteiger partial charge in [-0.05, 0) is 31.9 Å². The minimum Gasteiger partial charge on any atom is -0.392 e. The molecule has 1 saturated carbocycles. The van der Waals surface area contributed by atoms with E-state index in [0.717, 1.165) is 6.54 Å². The van der Waals surface area contributed by atoms with Crippen molar-refractivity contribution in [3.63, 3.8) is 0 Å². The summed E-state index contributed by atoms with van der Waals surface area (Å²) in [5, 5.41) is 14.0. The van der Waals surface area contributed by atoms with E-state index in [2.05, 4.69) is 21.0 Å². The molecule has 1 unspecified atom stereocenters. The minimum atomic E-state index is -3.30. The highest BCUT2D eigenvalue weighted by atomic mass is 19.3. The van der Waals surface area contributed by atoms with Crippen molar-refractivity contribution in [3.05, 3.63) is 47.9 Å². The Morgan fingerprint density at radius 3 is 2.68 bits per heavy atom. The van der Waals surface area contributed by atoms with E-state index in [1.165, 1.54) is 0 Å². The van der Waals surface area contributed by atoms with Crippen LogP contribution in [-0.2, 0) is 20.8 Å². The van der Waals surface area contributed by atoms with E-state index >= 15 is 0 Å². The fourth-order valence-corrected chi connectivity index (χ4v) is 4.16. The Bertz CT molecular complexity index is 1010. The molecule has 11 heteroatoms. The van der Waals surface area contributed by atoms with Crippen LogP contribution in [0.1, 0.15) is 31.2 Å². The fraction of sp³-hybridized carbons (Fsp3) is 0.522. The highest BCUT2D eigenvalue weighted by Gasteiger charge is 2.47. The quantitative estimate of drug-likeness (QED) is 0.527. The molecule has 2 amide bonds. The number of likely N-dealkylation sites (tertiary alicyclic amines) is 1. The normalized spacial score (nSPS) is 24.0. The third-order valence-corrected chi connectivity index (χ3v) is 6.15. The number of alkyl halides is 2. The Hall–Kier alpha value is -3.23. The zero-order chi connectivity index (χ0) is 24.4. The number of likely N-dealkylation sites (N-methyl/N-ethyl adjacent to an activating group) is 1. The van der Waals surface area contributed by atoms with Crippen molar-refractivity contribution < 1.29 is 27.9 Å². The van der Waals surface area contributed by atoms with Gasteiger partial charge < -0.3 is 20.3 Å². The van der Waals surface area contributed by atoms with Crippen molar-refractivity contribution in [1.29, 1.82) is 5.26 Å². The fourth-order valence-electron chi connectivity index (χ4n) is 4.16. The molecule has 1 aliphatic carbocycles. The van der Waals surface area contributed by atoms with Gasteiger partial charge in [0.15, 0.2) is 0 Å². The van der Waals surface area contributed by atoms with Gasteiger partial charge in [0.2, 0.25) is 11.8 Å². The van der Waals surface area contributed by atoms with Gasteiger partial charge in [0.05, 0.1) is 6.07 Å². The van der Waals surface area contributed by atoms with Gasteiger partial charge in [-0.2, -0.15) is 5.26 Å². The van der Waals surface area contributed by atoms with Crippen molar-refractivity contribution in [1.82, 2.24) is 21.0 Å². The third kappa shape index (κ3) is 5.81. The first kappa shape index (κ1) is 23.9. The van der Waals surface area contributed by atoms with Gasteiger partial charge in [-0.3, -0.25) is 9.63 Å². The molecule has 1 saturated heterocycles. The Balaban J connectivity index is 1.42. The number of carbonyl (C=O) groups excluding carboxylic acids is 2. The molecule has 4 rings (SSSR count). The van der Waals surface area contributed by atoms with Crippen molar-refractivity contribution in [3.8, 4) is 6.07 Å². The van der Waals surface area contributed by atoms with Crippen molar-refractivity contribution >= 4 is 12.0 Å². The SMILES string of the molecule is CN1CC[C@]2(C=C(OC(=O)NC(CC(F)(F)Cc3ccccc3)C(=O)NC3(C#N)CC3)NO2)C1. The number of rotatable bonds is 8. The highest BCUT2D eigenvalue weighted by molar-refractivity contribution is 5.87. The second kappa shape index (κ2) is 9.19. The summed E-state index contributed by atoms with van der Waals surface area (Å²) in [6.45, 7) is 1.40. The van der Waals surface area contributed by atoms with E-state index in [9.17, 15) is 23.6 Å². The molecule has 2 aliphatic heterocycles. The second-order valence-corrected chi connectivity index (χ2v) is 9.26. The number of nitrogens with zero attached hydrogens (tertiary/aromatic N) is 2. The number of ether oxygens (including phenoxy) is 1. The summed E-state index contributed by atoms with van der Waals surface area (Å²) in [6.07, 6.45) is 0.538. The van der Waals surface area contributed by atoms with E-state index in [4.69, 9.17) is 9.57 Å². The number of hydrogen-bond acceptors (Lipinski definition) is 7. The Morgan fingerprint density at radius 1 is 1.32 bits per heavy atom. The molecule has 0 bridgehead atoms. The molecule has 9 nitrogen and oxygen atoms in total. The molecule has 34 heavy (non-hydrogen) atoms.